The molecule has 0 atom stereocenters. The van der Waals surface area contributed by atoms with Crippen LogP contribution < -0.4 is 5.32 Å². The summed E-state index contributed by atoms with van der Waals surface area (Å²) in [4.78, 5) is 30.0. The van der Waals surface area contributed by atoms with Gasteiger partial charge >= 0.3 is 0 Å². The summed E-state index contributed by atoms with van der Waals surface area (Å²) in [6.07, 6.45) is 3.50. The first-order valence-corrected chi connectivity index (χ1v) is 7.88. The molecule has 2 heterocycles. The van der Waals surface area contributed by atoms with Gasteiger partial charge in [-0.05, 0) is 29.8 Å². The average molecular weight is 325 g/mol. The fraction of sp³-hybridized carbons (Fsp3) is 0.278. The van der Waals surface area contributed by atoms with Gasteiger partial charge in [-0.1, -0.05) is 12.1 Å². The van der Waals surface area contributed by atoms with E-state index in [1.165, 1.54) is 6.20 Å². The van der Waals surface area contributed by atoms with E-state index in [1.54, 1.807) is 30.5 Å². The zero-order valence-corrected chi connectivity index (χ0v) is 13.3. The van der Waals surface area contributed by atoms with Crippen LogP contribution in [-0.2, 0) is 16.0 Å². The third kappa shape index (κ3) is 4.17. The molecule has 2 aromatic rings. The van der Waals surface area contributed by atoms with E-state index >= 15 is 0 Å². The van der Waals surface area contributed by atoms with Gasteiger partial charge in [0.05, 0.1) is 25.2 Å². The van der Waals surface area contributed by atoms with E-state index in [0.29, 0.717) is 44.0 Å². The number of hydrogen-bond acceptors (Lipinski definition) is 4. The smallest absolute Gasteiger partial charge is 0.257 e. The van der Waals surface area contributed by atoms with Crippen molar-refractivity contribution in [2.45, 2.75) is 6.42 Å². The third-order valence-corrected chi connectivity index (χ3v) is 3.85. The van der Waals surface area contributed by atoms with Gasteiger partial charge in [0.1, 0.15) is 0 Å². The van der Waals surface area contributed by atoms with Gasteiger partial charge in [0, 0.05) is 31.2 Å². The Morgan fingerprint density at radius 2 is 1.88 bits per heavy atom. The van der Waals surface area contributed by atoms with Gasteiger partial charge in [-0.25, -0.2) is 0 Å². The van der Waals surface area contributed by atoms with E-state index < -0.39 is 0 Å². The maximum atomic E-state index is 12.2. The van der Waals surface area contributed by atoms with Gasteiger partial charge in [-0.2, -0.15) is 0 Å². The molecule has 1 fully saturated rings. The van der Waals surface area contributed by atoms with Crippen LogP contribution in [0.25, 0.3) is 0 Å². The summed E-state index contributed by atoms with van der Waals surface area (Å²) < 4.78 is 5.25. The molecule has 0 saturated carbocycles. The number of benzene rings is 1. The van der Waals surface area contributed by atoms with Gasteiger partial charge in [-0.3, -0.25) is 14.6 Å². The number of amides is 2. The summed E-state index contributed by atoms with van der Waals surface area (Å²) in [5.74, 6) is -0.106. The first kappa shape index (κ1) is 16.1. The molecule has 0 bridgehead atoms. The molecule has 0 aliphatic carbocycles. The van der Waals surface area contributed by atoms with Crippen LogP contribution in [0, 0.1) is 0 Å². The fourth-order valence-corrected chi connectivity index (χ4v) is 2.51. The van der Waals surface area contributed by atoms with Crippen molar-refractivity contribution >= 4 is 17.5 Å². The summed E-state index contributed by atoms with van der Waals surface area (Å²) >= 11 is 0. The lowest BCUT2D eigenvalue weighted by Crippen LogP contribution is -2.41. The van der Waals surface area contributed by atoms with Gasteiger partial charge in [-0.15, -0.1) is 0 Å². The molecular formula is C18H19N3O3. The van der Waals surface area contributed by atoms with Gasteiger partial charge in [0.25, 0.3) is 5.91 Å². The van der Waals surface area contributed by atoms with Crippen LogP contribution in [-0.4, -0.2) is 48.0 Å². The first-order chi connectivity index (χ1) is 11.7. The summed E-state index contributed by atoms with van der Waals surface area (Å²) in [7, 11) is 0. The minimum Gasteiger partial charge on any atom is -0.378 e. The molecule has 1 aliphatic heterocycles. The average Bonchev–Trinajstić information content (AvgIpc) is 2.65. The molecule has 1 aromatic heterocycles. The topological polar surface area (TPSA) is 71.5 Å². The molecule has 1 aromatic carbocycles. The number of anilines is 1. The fourth-order valence-electron chi connectivity index (χ4n) is 2.51. The highest BCUT2D eigenvalue weighted by Crippen LogP contribution is 2.13. The summed E-state index contributed by atoms with van der Waals surface area (Å²) in [5, 5.41) is 2.81. The predicted molar refractivity (Wildman–Crippen MR) is 89.7 cm³/mol. The molecule has 3 rings (SSSR count). The minimum absolute atomic E-state index is 0.102. The molecule has 124 valence electrons. The van der Waals surface area contributed by atoms with Crippen molar-refractivity contribution in [2.24, 2.45) is 0 Å². The quantitative estimate of drug-likeness (QED) is 0.929. The number of nitrogens with one attached hydrogen (secondary N) is 1. The Kier molecular flexibility index (Phi) is 5.18. The van der Waals surface area contributed by atoms with Crippen LogP contribution in [0.3, 0.4) is 0 Å². The van der Waals surface area contributed by atoms with Gasteiger partial charge < -0.3 is 15.0 Å². The number of morpholine rings is 1. The highest BCUT2D eigenvalue weighted by atomic mass is 16.5. The standard InChI is InChI=1S/C18H19N3O3/c22-17(21-8-10-24-11-9-21)12-14-3-5-16(6-4-14)20-18(23)15-2-1-7-19-13-15/h1-7,13H,8-12H2,(H,20,23). The van der Waals surface area contributed by atoms with E-state index in [2.05, 4.69) is 10.3 Å². The van der Waals surface area contributed by atoms with Crippen molar-refractivity contribution < 1.29 is 14.3 Å². The van der Waals surface area contributed by atoms with Gasteiger partial charge in [0.15, 0.2) is 0 Å². The Morgan fingerprint density at radius 1 is 1.12 bits per heavy atom. The Hall–Kier alpha value is -2.73. The highest BCUT2D eigenvalue weighted by molar-refractivity contribution is 6.04. The minimum atomic E-state index is -0.208. The molecule has 0 spiro atoms. The van der Waals surface area contributed by atoms with E-state index in [0.717, 1.165) is 5.56 Å². The molecule has 2 amide bonds. The normalized spacial score (nSPS) is 14.2. The monoisotopic (exact) mass is 325 g/mol. The first-order valence-electron chi connectivity index (χ1n) is 7.88. The highest BCUT2D eigenvalue weighted by Gasteiger charge is 2.16. The van der Waals surface area contributed by atoms with Crippen LogP contribution >= 0.6 is 0 Å². The number of ether oxygens (including phenoxy) is 1. The zero-order chi connectivity index (χ0) is 16.8. The van der Waals surface area contributed by atoms with E-state index in [-0.39, 0.29) is 11.8 Å². The number of carbonyl (C=O) groups excluding carboxylic acids is 2. The number of aromatic nitrogens is 1. The molecule has 1 saturated heterocycles. The predicted octanol–water partition coefficient (Wildman–Crippen LogP) is 1.74. The number of carbonyl (C=O) groups is 2. The number of rotatable bonds is 4. The maximum absolute atomic E-state index is 12.2. The summed E-state index contributed by atoms with van der Waals surface area (Å²) in [5.41, 5.74) is 2.11. The molecule has 0 unspecified atom stereocenters. The molecule has 6 nitrogen and oxygen atoms in total. The SMILES string of the molecule is O=C(Nc1ccc(CC(=O)N2CCOCC2)cc1)c1cccnc1. The second kappa shape index (κ2) is 7.70. The molecule has 0 radical (unpaired) electrons. The second-order valence-corrected chi connectivity index (χ2v) is 5.56. The second-order valence-electron chi connectivity index (χ2n) is 5.56. The van der Waals surface area contributed by atoms with Crippen molar-refractivity contribution in [3.63, 3.8) is 0 Å². The van der Waals surface area contributed by atoms with Crippen molar-refractivity contribution in [1.82, 2.24) is 9.88 Å². The number of nitrogens with zero attached hydrogens (tertiary/aromatic N) is 2. The van der Waals surface area contributed by atoms with Crippen molar-refractivity contribution in [3.05, 3.63) is 59.9 Å². The Bertz CT molecular complexity index is 695. The molecule has 1 aliphatic rings. The lowest BCUT2D eigenvalue weighted by Gasteiger charge is -2.26. The van der Waals surface area contributed by atoms with E-state index in [9.17, 15) is 9.59 Å². The maximum Gasteiger partial charge on any atom is 0.257 e. The van der Waals surface area contributed by atoms with Crippen LogP contribution in [0.15, 0.2) is 48.8 Å². The number of hydrogen-bond donors (Lipinski definition) is 1. The van der Waals surface area contributed by atoms with E-state index in [4.69, 9.17) is 4.74 Å². The summed E-state index contributed by atoms with van der Waals surface area (Å²) in [6.45, 7) is 2.51. The Labute approximate surface area is 140 Å². The Morgan fingerprint density at radius 3 is 2.54 bits per heavy atom. The molecule has 6 heteroatoms. The van der Waals surface area contributed by atoms with Crippen LogP contribution in [0.5, 0.6) is 0 Å². The van der Waals surface area contributed by atoms with Crippen molar-refractivity contribution in [2.75, 3.05) is 31.6 Å². The largest absolute Gasteiger partial charge is 0.378 e. The van der Waals surface area contributed by atoms with Crippen molar-refractivity contribution in [1.29, 1.82) is 0 Å². The lowest BCUT2D eigenvalue weighted by molar-refractivity contribution is -0.134. The van der Waals surface area contributed by atoms with Crippen molar-refractivity contribution in [3.8, 4) is 0 Å². The van der Waals surface area contributed by atoms with Crippen LogP contribution in [0.1, 0.15) is 15.9 Å². The molecule has 1 N–H and O–H groups in total. The van der Waals surface area contributed by atoms with Crippen LogP contribution in [0.2, 0.25) is 0 Å². The third-order valence-electron chi connectivity index (χ3n) is 3.85. The lowest BCUT2D eigenvalue weighted by atomic mass is 10.1. The summed E-state index contributed by atoms with van der Waals surface area (Å²) in [6, 6.07) is 10.7. The Balaban J connectivity index is 1.57. The van der Waals surface area contributed by atoms with Crippen LogP contribution in [0.4, 0.5) is 5.69 Å². The molecular weight excluding hydrogens is 306 g/mol. The van der Waals surface area contributed by atoms with Gasteiger partial charge in [0.2, 0.25) is 5.91 Å². The zero-order valence-electron chi connectivity index (χ0n) is 13.3. The van der Waals surface area contributed by atoms with E-state index in [1.807, 2.05) is 17.0 Å². The molecule has 24 heavy (non-hydrogen) atoms. The number of pyridine rings is 1.